The van der Waals surface area contributed by atoms with Gasteiger partial charge in [0.1, 0.15) is 88.8 Å². The summed E-state index contributed by atoms with van der Waals surface area (Å²) in [5.74, 6) is 0. The SMILES string of the molecule is c1ccc(C[n+]2ccn(Cc3ccc(C[n+]4ccn(CCc5ccccc5CCn5cc[n+](Cc6ccc(Cn7cc[n+](Cc8ccccc8)c7)cc6)c5)c4)cc3)c2)cc1. The van der Waals surface area contributed by atoms with Crippen LogP contribution in [0.2, 0.25) is 0 Å². The molecule has 8 nitrogen and oxygen atoms in total. The van der Waals surface area contributed by atoms with Gasteiger partial charge in [0.05, 0.1) is 13.1 Å². The number of imidazole rings is 4. The first-order chi connectivity index (χ1) is 29.6. The Morgan fingerprint density at radius 1 is 0.300 bits per heavy atom. The molecular weight excluding hydrogens is 737 g/mol. The van der Waals surface area contributed by atoms with Crippen LogP contribution in [-0.4, -0.2) is 18.3 Å². The van der Waals surface area contributed by atoms with E-state index in [2.05, 4.69) is 245 Å². The van der Waals surface area contributed by atoms with E-state index < -0.39 is 0 Å². The van der Waals surface area contributed by atoms with Crippen LogP contribution in [0.3, 0.4) is 0 Å². The lowest BCUT2D eigenvalue weighted by molar-refractivity contribution is -0.688. The normalized spacial score (nSPS) is 11.3. The van der Waals surface area contributed by atoms with Gasteiger partial charge >= 0.3 is 0 Å². The summed E-state index contributed by atoms with van der Waals surface area (Å²) in [5.41, 5.74) is 10.7. The van der Waals surface area contributed by atoms with Gasteiger partial charge in [0, 0.05) is 12.8 Å². The van der Waals surface area contributed by atoms with Crippen molar-refractivity contribution in [3.63, 3.8) is 0 Å². The van der Waals surface area contributed by atoms with Crippen molar-refractivity contribution in [2.75, 3.05) is 0 Å². The van der Waals surface area contributed by atoms with Crippen LogP contribution >= 0.6 is 0 Å². The van der Waals surface area contributed by atoms with E-state index >= 15 is 0 Å². The van der Waals surface area contributed by atoms with Crippen molar-refractivity contribution in [3.8, 4) is 0 Å². The predicted molar refractivity (Wildman–Crippen MR) is 233 cm³/mol. The van der Waals surface area contributed by atoms with Gasteiger partial charge in [0.2, 0.25) is 25.3 Å². The Morgan fingerprint density at radius 2 is 0.600 bits per heavy atom. The van der Waals surface area contributed by atoms with Crippen LogP contribution < -0.4 is 18.3 Å². The molecule has 0 atom stereocenters. The molecule has 0 N–H and O–H groups in total. The molecule has 0 spiro atoms. The molecule has 298 valence electrons. The monoisotopic (exact) mass is 790 g/mol. The molecule has 8 heteroatoms. The average molecular weight is 791 g/mol. The van der Waals surface area contributed by atoms with Gasteiger partial charge in [-0.25, -0.2) is 36.5 Å². The Labute approximate surface area is 353 Å². The number of hydrogen-bond acceptors (Lipinski definition) is 0. The Hall–Kier alpha value is -7.06. The van der Waals surface area contributed by atoms with Gasteiger partial charge in [-0.05, 0) is 44.5 Å². The minimum atomic E-state index is 0.858. The van der Waals surface area contributed by atoms with E-state index in [0.717, 1.165) is 65.2 Å². The second kappa shape index (κ2) is 18.7. The molecule has 4 heterocycles. The lowest BCUT2D eigenvalue weighted by Gasteiger charge is -2.07. The topological polar surface area (TPSA) is 35.2 Å². The molecule has 0 radical (unpaired) electrons. The summed E-state index contributed by atoms with van der Waals surface area (Å²) < 4.78 is 18.1. The van der Waals surface area contributed by atoms with Crippen LogP contribution in [-0.2, 0) is 65.2 Å². The van der Waals surface area contributed by atoms with E-state index in [9.17, 15) is 0 Å². The van der Waals surface area contributed by atoms with Crippen LogP contribution in [0.5, 0.6) is 0 Å². The summed E-state index contributed by atoms with van der Waals surface area (Å²) >= 11 is 0. The molecule has 0 amide bonds. The van der Waals surface area contributed by atoms with Gasteiger partial charge in [-0.15, -0.1) is 0 Å². The molecule has 0 fully saturated rings. The van der Waals surface area contributed by atoms with Crippen molar-refractivity contribution in [1.29, 1.82) is 0 Å². The maximum atomic E-state index is 2.31. The first-order valence-corrected chi connectivity index (χ1v) is 21.1. The summed E-state index contributed by atoms with van der Waals surface area (Å²) in [7, 11) is 0. The maximum Gasteiger partial charge on any atom is 0.244 e. The molecule has 5 aromatic carbocycles. The van der Waals surface area contributed by atoms with Crippen LogP contribution in [0.25, 0.3) is 0 Å². The molecule has 4 aromatic heterocycles. The van der Waals surface area contributed by atoms with Crippen molar-refractivity contribution >= 4 is 0 Å². The Bertz CT molecular complexity index is 2510. The Morgan fingerprint density at radius 3 is 0.983 bits per heavy atom. The Balaban J connectivity index is 0.720. The van der Waals surface area contributed by atoms with Gasteiger partial charge in [-0.3, -0.25) is 0 Å². The van der Waals surface area contributed by atoms with Gasteiger partial charge in [0.25, 0.3) is 0 Å². The zero-order valence-corrected chi connectivity index (χ0v) is 34.3. The number of aromatic nitrogens is 8. The summed E-state index contributed by atoms with van der Waals surface area (Å²) in [6.45, 7) is 7.11. The molecule has 0 bridgehead atoms. The van der Waals surface area contributed by atoms with Gasteiger partial charge in [-0.2, -0.15) is 0 Å². The van der Waals surface area contributed by atoms with E-state index in [0.29, 0.717) is 0 Å². The number of nitrogens with zero attached hydrogens (tertiary/aromatic N) is 8. The highest BCUT2D eigenvalue weighted by Crippen LogP contribution is 2.14. The highest BCUT2D eigenvalue weighted by atomic mass is 15.1. The van der Waals surface area contributed by atoms with Crippen LogP contribution in [0.4, 0.5) is 0 Å². The Kier molecular flexibility index (Phi) is 12.0. The molecule has 0 saturated carbocycles. The molecular formula is C52H54N8+4. The molecule has 60 heavy (non-hydrogen) atoms. The van der Waals surface area contributed by atoms with Crippen LogP contribution in [0.1, 0.15) is 44.5 Å². The van der Waals surface area contributed by atoms with Gasteiger partial charge in [-0.1, -0.05) is 133 Å². The number of aryl methyl sites for hydroxylation is 4. The largest absolute Gasteiger partial charge is 0.244 e. The summed E-state index contributed by atoms with van der Waals surface area (Å²) in [6.07, 6.45) is 28.2. The number of benzene rings is 5. The second-order valence-corrected chi connectivity index (χ2v) is 16.0. The standard InChI is InChI=1S/C52H54N8/c1-3-9-45(10-4-1)35-57-31-33-59(43-57)39-49-19-15-47(16-20-49)37-55-29-27-53(41-55)25-23-51-13-7-8-14-52(51)24-26-54-28-30-56(42-54)38-48-17-21-50(22-18-48)40-60-34-32-58(44-60)36-46-11-5-2-6-12-46/h1-22,27-34,41-44H,23-26,35-40H2/q+4. The molecule has 0 saturated heterocycles. The fourth-order valence-electron chi connectivity index (χ4n) is 8.06. The fourth-order valence-corrected chi connectivity index (χ4v) is 8.06. The van der Waals surface area contributed by atoms with Crippen molar-refractivity contribution in [2.24, 2.45) is 0 Å². The van der Waals surface area contributed by atoms with Crippen molar-refractivity contribution in [3.05, 3.63) is 253 Å². The molecule has 9 aromatic rings. The molecule has 0 aliphatic rings. The third-order valence-electron chi connectivity index (χ3n) is 11.3. The van der Waals surface area contributed by atoms with Crippen LogP contribution in [0.15, 0.2) is 208 Å². The minimum absolute atomic E-state index is 0.858. The van der Waals surface area contributed by atoms with Gasteiger partial charge in [0.15, 0.2) is 0 Å². The average Bonchev–Trinajstić information content (AvgIpc) is 4.12. The lowest BCUT2D eigenvalue weighted by Crippen LogP contribution is -2.31. The maximum absolute atomic E-state index is 2.31. The first kappa shape index (κ1) is 38.5. The summed E-state index contributed by atoms with van der Waals surface area (Å²) in [4.78, 5) is 0. The van der Waals surface area contributed by atoms with E-state index in [-0.39, 0.29) is 0 Å². The quantitative estimate of drug-likeness (QED) is 0.0857. The third-order valence-corrected chi connectivity index (χ3v) is 11.3. The van der Waals surface area contributed by atoms with E-state index in [4.69, 9.17) is 0 Å². The highest BCUT2D eigenvalue weighted by molar-refractivity contribution is 5.28. The highest BCUT2D eigenvalue weighted by Gasteiger charge is 2.12. The summed E-state index contributed by atoms with van der Waals surface area (Å²) in [5, 5.41) is 0. The van der Waals surface area contributed by atoms with E-state index in [1.807, 2.05) is 0 Å². The minimum Gasteiger partial charge on any atom is -0.236 e. The third kappa shape index (κ3) is 10.5. The zero-order chi connectivity index (χ0) is 40.4. The smallest absolute Gasteiger partial charge is 0.236 e. The van der Waals surface area contributed by atoms with Crippen molar-refractivity contribution < 1.29 is 18.3 Å². The van der Waals surface area contributed by atoms with Crippen molar-refractivity contribution in [1.82, 2.24) is 18.3 Å². The number of rotatable bonds is 18. The predicted octanol–water partition coefficient (Wildman–Crippen LogP) is 6.82. The second-order valence-electron chi connectivity index (χ2n) is 16.0. The van der Waals surface area contributed by atoms with E-state index in [1.165, 1.54) is 44.5 Å². The van der Waals surface area contributed by atoms with Crippen molar-refractivity contribution in [2.45, 2.75) is 65.2 Å². The fraction of sp³-hybridized carbons (Fsp3) is 0.192. The first-order valence-electron chi connectivity index (χ1n) is 21.1. The van der Waals surface area contributed by atoms with Crippen LogP contribution in [0, 0.1) is 0 Å². The summed E-state index contributed by atoms with van der Waals surface area (Å²) in [6, 6.07) is 48.2. The molecule has 0 aliphatic carbocycles. The number of hydrogen-bond donors (Lipinski definition) is 0. The molecule has 9 rings (SSSR count). The van der Waals surface area contributed by atoms with E-state index in [1.54, 1.807) is 0 Å². The molecule has 0 unspecified atom stereocenters. The van der Waals surface area contributed by atoms with Gasteiger partial charge < -0.3 is 0 Å². The zero-order valence-electron chi connectivity index (χ0n) is 34.3. The molecule has 0 aliphatic heterocycles. The lowest BCUT2D eigenvalue weighted by atomic mass is 10.0.